The highest BCUT2D eigenvalue weighted by Crippen LogP contribution is 2.16. The molecule has 1 atom stereocenters. The second-order valence-electron chi connectivity index (χ2n) is 4.44. The highest BCUT2D eigenvalue weighted by Gasteiger charge is 2.14. The molecule has 0 saturated heterocycles. The molecule has 1 aliphatic rings. The monoisotopic (exact) mass is 221 g/mol. The smallest absolute Gasteiger partial charge is 0.130 e. The molecule has 0 bridgehead atoms. The molecule has 1 unspecified atom stereocenters. The van der Waals surface area contributed by atoms with Gasteiger partial charge in [-0.2, -0.15) is 0 Å². The Kier molecular flexibility index (Phi) is 3.51. The van der Waals surface area contributed by atoms with Gasteiger partial charge in [0, 0.05) is 30.3 Å². The normalized spacial score (nSPS) is 17.7. The van der Waals surface area contributed by atoms with E-state index in [1.165, 1.54) is 5.56 Å². The number of aromatic nitrogens is 2. The summed E-state index contributed by atoms with van der Waals surface area (Å²) in [5, 5.41) is 0. The van der Waals surface area contributed by atoms with Crippen molar-refractivity contribution in [2.75, 3.05) is 13.2 Å². The highest BCUT2D eigenvalue weighted by molar-refractivity contribution is 5.26. The fourth-order valence-corrected chi connectivity index (χ4v) is 2.07. The van der Waals surface area contributed by atoms with Gasteiger partial charge in [0.1, 0.15) is 5.82 Å². The Hall–Kier alpha value is -1.00. The molecule has 2 rings (SSSR count). The molecule has 0 saturated carbocycles. The molecular weight excluding hydrogens is 202 g/mol. The lowest BCUT2D eigenvalue weighted by Crippen LogP contribution is -2.20. The van der Waals surface area contributed by atoms with Crippen molar-refractivity contribution in [2.24, 2.45) is 5.73 Å². The number of rotatable bonds is 2. The van der Waals surface area contributed by atoms with E-state index in [9.17, 15) is 0 Å². The molecular formula is C12H19N3O. The second kappa shape index (κ2) is 4.89. The number of fused-ring (bicyclic) bond motifs is 1. The van der Waals surface area contributed by atoms with Crippen LogP contribution in [0.15, 0.2) is 0 Å². The average Bonchev–Trinajstić information content (AvgIpc) is 2.41. The molecule has 0 fully saturated rings. The Labute approximate surface area is 96.2 Å². The highest BCUT2D eigenvalue weighted by atomic mass is 16.5. The average molecular weight is 221 g/mol. The summed E-state index contributed by atoms with van der Waals surface area (Å²) >= 11 is 0. The van der Waals surface area contributed by atoms with Gasteiger partial charge in [0.15, 0.2) is 0 Å². The van der Waals surface area contributed by atoms with Crippen molar-refractivity contribution in [3.63, 3.8) is 0 Å². The molecule has 0 spiro atoms. The molecule has 2 heterocycles. The van der Waals surface area contributed by atoms with Crippen LogP contribution in [-0.4, -0.2) is 29.2 Å². The summed E-state index contributed by atoms with van der Waals surface area (Å²) in [6.07, 6.45) is 2.57. The summed E-state index contributed by atoms with van der Waals surface area (Å²) in [5.41, 5.74) is 9.29. The number of nitrogens with zero attached hydrogens (tertiary/aromatic N) is 2. The summed E-state index contributed by atoms with van der Waals surface area (Å²) < 4.78 is 5.46. The Balaban J connectivity index is 2.32. The molecule has 4 heteroatoms. The Morgan fingerprint density at radius 3 is 2.81 bits per heavy atom. The van der Waals surface area contributed by atoms with Gasteiger partial charge in [-0.25, -0.2) is 9.97 Å². The van der Waals surface area contributed by atoms with Gasteiger partial charge < -0.3 is 10.5 Å². The van der Waals surface area contributed by atoms with E-state index in [4.69, 9.17) is 10.5 Å². The zero-order valence-corrected chi connectivity index (χ0v) is 9.99. The molecule has 2 N–H and O–H groups in total. The van der Waals surface area contributed by atoms with Crippen LogP contribution < -0.4 is 5.73 Å². The zero-order chi connectivity index (χ0) is 11.5. The van der Waals surface area contributed by atoms with Crippen LogP contribution in [0.25, 0.3) is 0 Å². The first-order valence-corrected chi connectivity index (χ1v) is 5.85. The van der Waals surface area contributed by atoms with E-state index in [0.717, 1.165) is 49.7 Å². The summed E-state index contributed by atoms with van der Waals surface area (Å²) in [6, 6.07) is 0.111. The van der Waals surface area contributed by atoms with E-state index in [-0.39, 0.29) is 6.04 Å². The predicted octanol–water partition coefficient (Wildman–Crippen LogP) is 0.790. The van der Waals surface area contributed by atoms with E-state index >= 15 is 0 Å². The SMILES string of the molecule is Cc1nc(CC(C)N)nc2c1CCOCC2. The van der Waals surface area contributed by atoms with E-state index in [0.29, 0.717) is 0 Å². The minimum absolute atomic E-state index is 0.111. The van der Waals surface area contributed by atoms with Gasteiger partial charge >= 0.3 is 0 Å². The minimum Gasteiger partial charge on any atom is -0.381 e. The Morgan fingerprint density at radius 1 is 1.31 bits per heavy atom. The Bertz CT molecular complexity index is 377. The molecule has 1 aromatic rings. The summed E-state index contributed by atoms with van der Waals surface area (Å²) in [7, 11) is 0. The third-order valence-corrected chi connectivity index (χ3v) is 2.83. The maximum atomic E-state index is 5.78. The summed E-state index contributed by atoms with van der Waals surface area (Å²) in [6.45, 7) is 5.58. The van der Waals surface area contributed by atoms with Crippen molar-refractivity contribution in [3.8, 4) is 0 Å². The van der Waals surface area contributed by atoms with Crippen LogP contribution in [0.2, 0.25) is 0 Å². The van der Waals surface area contributed by atoms with Crippen LogP contribution in [0.4, 0.5) is 0 Å². The van der Waals surface area contributed by atoms with Crippen molar-refractivity contribution in [1.82, 2.24) is 9.97 Å². The van der Waals surface area contributed by atoms with Gasteiger partial charge in [-0.05, 0) is 25.8 Å². The first-order chi connectivity index (χ1) is 7.66. The first-order valence-electron chi connectivity index (χ1n) is 5.85. The molecule has 4 nitrogen and oxygen atoms in total. The van der Waals surface area contributed by atoms with Crippen LogP contribution in [0.1, 0.15) is 29.7 Å². The van der Waals surface area contributed by atoms with E-state index in [2.05, 4.69) is 16.9 Å². The summed E-state index contributed by atoms with van der Waals surface area (Å²) in [5.74, 6) is 0.869. The molecule has 0 radical (unpaired) electrons. The topological polar surface area (TPSA) is 61.0 Å². The van der Waals surface area contributed by atoms with Gasteiger partial charge in [0.05, 0.1) is 13.2 Å². The third-order valence-electron chi connectivity index (χ3n) is 2.83. The second-order valence-corrected chi connectivity index (χ2v) is 4.44. The van der Waals surface area contributed by atoms with Crippen LogP contribution in [-0.2, 0) is 24.0 Å². The zero-order valence-electron chi connectivity index (χ0n) is 9.99. The van der Waals surface area contributed by atoms with Crippen molar-refractivity contribution in [3.05, 3.63) is 22.8 Å². The first kappa shape index (κ1) is 11.5. The Morgan fingerprint density at radius 2 is 2.06 bits per heavy atom. The number of hydrogen-bond donors (Lipinski definition) is 1. The summed E-state index contributed by atoms with van der Waals surface area (Å²) in [4.78, 5) is 9.12. The van der Waals surface area contributed by atoms with Crippen LogP contribution in [0.3, 0.4) is 0 Å². The fraction of sp³-hybridized carbons (Fsp3) is 0.667. The molecule has 0 aromatic carbocycles. The van der Waals surface area contributed by atoms with E-state index in [1.807, 2.05) is 6.92 Å². The molecule has 0 aliphatic carbocycles. The van der Waals surface area contributed by atoms with Crippen LogP contribution >= 0.6 is 0 Å². The molecule has 1 aromatic heterocycles. The quantitative estimate of drug-likeness (QED) is 0.802. The molecule has 1 aliphatic heterocycles. The molecule has 16 heavy (non-hydrogen) atoms. The van der Waals surface area contributed by atoms with Crippen molar-refractivity contribution < 1.29 is 4.74 Å². The number of nitrogens with two attached hydrogens (primary N) is 1. The lowest BCUT2D eigenvalue weighted by atomic mass is 10.1. The number of hydrogen-bond acceptors (Lipinski definition) is 4. The van der Waals surface area contributed by atoms with Crippen LogP contribution in [0, 0.1) is 6.92 Å². The molecule has 88 valence electrons. The van der Waals surface area contributed by atoms with E-state index < -0.39 is 0 Å². The maximum Gasteiger partial charge on any atom is 0.130 e. The molecule has 0 amide bonds. The largest absolute Gasteiger partial charge is 0.381 e. The standard InChI is InChI=1S/C12H19N3O/c1-8(13)7-12-14-9(2)10-3-5-16-6-4-11(10)15-12/h8H,3-7,13H2,1-2H3. The van der Waals surface area contributed by atoms with Crippen molar-refractivity contribution >= 4 is 0 Å². The maximum absolute atomic E-state index is 5.78. The van der Waals surface area contributed by atoms with Crippen molar-refractivity contribution in [2.45, 2.75) is 39.2 Å². The van der Waals surface area contributed by atoms with Gasteiger partial charge in [0.2, 0.25) is 0 Å². The van der Waals surface area contributed by atoms with Crippen molar-refractivity contribution in [1.29, 1.82) is 0 Å². The third kappa shape index (κ3) is 2.57. The number of ether oxygens (including phenoxy) is 1. The fourth-order valence-electron chi connectivity index (χ4n) is 2.07. The van der Waals surface area contributed by atoms with Gasteiger partial charge in [-0.1, -0.05) is 0 Å². The lowest BCUT2D eigenvalue weighted by molar-refractivity contribution is 0.146. The van der Waals surface area contributed by atoms with Gasteiger partial charge in [-0.3, -0.25) is 0 Å². The number of aryl methyl sites for hydroxylation is 1. The van der Waals surface area contributed by atoms with Crippen LogP contribution in [0.5, 0.6) is 0 Å². The van der Waals surface area contributed by atoms with Gasteiger partial charge in [0.25, 0.3) is 0 Å². The van der Waals surface area contributed by atoms with E-state index in [1.54, 1.807) is 0 Å². The minimum atomic E-state index is 0.111. The predicted molar refractivity (Wildman–Crippen MR) is 62.3 cm³/mol. The lowest BCUT2D eigenvalue weighted by Gasteiger charge is -2.11. The van der Waals surface area contributed by atoms with Gasteiger partial charge in [-0.15, -0.1) is 0 Å².